The topological polar surface area (TPSA) is 53.1 Å². The van der Waals surface area contributed by atoms with Crippen LogP contribution in [0.2, 0.25) is 0 Å². The maximum absolute atomic E-state index is 11.8. The predicted molar refractivity (Wildman–Crippen MR) is 75.3 cm³/mol. The Morgan fingerprint density at radius 3 is 2.20 bits per heavy atom. The van der Waals surface area contributed by atoms with E-state index in [-0.39, 0.29) is 6.61 Å². The summed E-state index contributed by atoms with van der Waals surface area (Å²) in [6.45, 7) is 7.72. The van der Waals surface area contributed by atoms with Gasteiger partial charge >= 0.3 is 11.9 Å². The van der Waals surface area contributed by atoms with Gasteiger partial charge in [0.15, 0.2) is 0 Å². The SMILES string of the molecule is CCOC(=O)C(=O)N1CCC(N2CCN(C)CC2)CC1. The van der Waals surface area contributed by atoms with Crippen molar-refractivity contribution in [2.24, 2.45) is 0 Å². The lowest BCUT2D eigenvalue weighted by molar-refractivity contribution is -0.160. The molecular weight excluding hydrogens is 258 g/mol. The number of piperidine rings is 1. The maximum atomic E-state index is 11.8. The smallest absolute Gasteiger partial charge is 0.397 e. The Kier molecular flexibility index (Phi) is 5.37. The summed E-state index contributed by atoms with van der Waals surface area (Å²) in [4.78, 5) is 29.8. The van der Waals surface area contributed by atoms with Crippen LogP contribution in [0.1, 0.15) is 19.8 Å². The second kappa shape index (κ2) is 7.04. The normalized spacial score (nSPS) is 22.8. The van der Waals surface area contributed by atoms with Gasteiger partial charge in [0, 0.05) is 45.3 Å². The van der Waals surface area contributed by atoms with Gasteiger partial charge in [0.2, 0.25) is 0 Å². The first-order chi connectivity index (χ1) is 9.61. The summed E-state index contributed by atoms with van der Waals surface area (Å²) in [6, 6.07) is 0.551. The number of esters is 1. The number of likely N-dealkylation sites (tertiary alicyclic amines) is 1. The van der Waals surface area contributed by atoms with Crippen LogP contribution in [-0.4, -0.2) is 85.5 Å². The number of carbonyl (C=O) groups is 2. The molecule has 0 radical (unpaired) electrons. The number of hydrogen-bond donors (Lipinski definition) is 0. The zero-order valence-electron chi connectivity index (χ0n) is 12.5. The van der Waals surface area contributed by atoms with Crippen LogP contribution in [-0.2, 0) is 14.3 Å². The second-order valence-electron chi connectivity index (χ2n) is 5.58. The Morgan fingerprint density at radius 1 is 1.05 bits per heavy atom. The van der Waals surface area contributed by atoms with Gasteiger partial charge in [0.25, 0.3) is 0 Å². The van der Waals surface area contributed by atoms with Crippen LogP contribution in [0.15, 0.2) is 0 Å². The molecule has 2 aliphatic heterocycles. The van der Waals surface area contributed by atoms with Crippen LogP contribution in [0, 0.1) is 0 Å². The van der Waals surface area contributed by atoms with Crippen LogP contribution >= 0.6 is 0 Å². The van der Waals surface area contributed by atoms with Crippen molar-refractivity contribution in [2.75, 3.05) is 52.9 Å². The lowest BCUT2D eigenvalue weighted by Crippen LogP contribution is -2.53. The fraction of sp³-hybridized carbons (Fsp3) is 0.857. The summed E-state index contributed by atoms with van der Waals surface area (Å²) in [7, 11) is 2.15. The van der Waals surface area contributed by atoms with Crippen molar-refractivity contribution in [3.8, 4) is 0 Å². The molecule has 0 spiro atoms. The second-order valence-corrected chi connectivity index (χ2v) is 5.58. The molecule has 6 heteroatoms. The predicted octanol–water partition coefficient (Wildman–Crippen LogP) is -0.212. The van der Waals surface area contributed by atoms with Crippen molar-refractivity contribution >= 4 is 11.9 Å². The largest absolute Gasteiger partial charge is 0.459 e. The number of piperazine rings is 1. The quantitative estimate of drug-likeness (QED) is 0.518. The van der Waals surface area contributed by atoms with Crippen LogP contribution in [0.3, 0.4) is 0 Å². The van der Waals surface area contributed by atoms with Gasteiger partial charge in [-0.25, -0.2) is 4.79 Å². The first-order valence-corrected chi connectivity index (χ1v) is 7.50. The van der Waals surface area contributed by atoms with Crippen LogP contribution in [0.4, 0.5) is 0 Å². The molecule has 0 atom stereocenters. The molecule has 2 heterocycles. The molecule has 0 aliphatic carbocycles. The summed E-state index contributed by atoms with van der Waals surface area (Å²) < 4.78 is 4.77. The van der Waals surface area contributed by atoms with Gasteiger partial charge in [-0.3, -0.25) is 9.69 Å². The molecule has 0 aromatic heterocycles. The molecule has 2 aliphatic rings. The molecule has 2 saturated heterocycles. The molecule has 2 rings (SSSR count). The van der Waals surface area contributed by atoms with Gasteiger partial charge in [-0.05, 0) is 26.8 Å². The number of likely N-dealkylation sites (N-methyl/N-ethyl adjacent to an activating group) is 1. The third kappa shape index (κ3) is 3.70. The summed E-state index contributed by atoms with van der Waals surface area (Å²) in [5.74, 6) is -1.20. The lowest BCUT2D eigenvalue weighted by Gasteiger charge is -2.41. The van der Waals surface area contributed by atoms with E-state index in [1.165, 1.54) is 0 Å². The number of amides is 1. The molecule has 1 amide bonds. The number of ether oxygens (including phenoxy) is 1. The Balaban J connectivity index is 1.77. The van der Waals surface area contributed by atoms with E-state index in [4.69, 9.17) is 4.74 Å². The third-order valence-electron chi connectivity index (χ3n) is 4.26. The van der Waals surface area contributed by atoms with Crippen molar-refractivity contribution < 1.29 is 14.3 Å². The lowest BCUT2D eigenvalue weighted by atomic mass is 10.0. The molecule has 0 bridgehead atoms. The Labute approximate surface area is 120 Å². The summed E-state index contributed by atoms with van der Waals surface area (Å²) >= 11 is 0. The van der Waals surface area contributed by atoms with Crippen LogP contribution < -0.4 is 0 Å². The van der Waals surface area contributed by atoms with Crippen molar-refractivity contribution in [1.29, 1.82) is 0 Å². The molecule has 0 unspecified atom stereocenters. The van der Waals surface area contributed by atoms with E-state index < -0.39 is 11.9 Å². The fourth-order valence-corrected chi connectivity index (χ4v) is 2.94. The molecule has 0 N–H and O–H groups in total. The fourth-order valence-electron chi connectivity index (χ4n) is 2.94. The maximum Gasteiger partial charge on any atom is 0.397 e. The molecule has 2 fully saturated rings. The van der Waals surface area contributed by atoms with Gasteiger partial charge in [-0.2, -0.15) is 0 Å². The Morgan fingerprint density at radius 2 is 1.65 bits per heavy atom. The summed E-state index contributed by atoms with van der Waals surface area (Å²) in [5, 5.41) is 0. The minimum Gasteiger partial charge on any atom is -0.459 e. The van der Waals surface area contributed by atoms with E-state index in [2.05, 4.69) is 16.8 Å². The van der Waals surface area contributed by atoms with Gasteiger partial charge in [-0.15, -0.1) is 0 Å². The minimum atomic E-state index is -0.717. The molecule has 114 valence electrons. The first-order valence-electron chi connectivity index (χ1n) is 7.50. The number of hydrogen-bond acceptors (Lipinski definition) is 5. The molecule has 0 aromatic carbocycles. The highest BCUT2D eigenvalue weighted by molar-refractivity contribution is 6.32. The minimum absolute atomic E-state index is 0.252. The Hall–Kier alpha value is -1.14. The van der Waals surface area contributed by atoms with Gasteiger partial charge in [0.05, 0.1) is 6.61 Å². The molecule has 20 heavy (non-hydrogen) atoms. The van der Waals surface area contributed by atoms with Gasteiger partial charge < -0.3 is 14.5 Å². The van der Waals surface area contributed by atoms with Crippen molar-refractivity contribution in [1.82, 2.24) is 14.7 Å². The zero-order chi connectivity index (χ0) is 14.5. The molecule has 6 nitrogen and oxygen atoms in total. The van der Waals surface area contributed by atoms with Gasteiger partial charge in [-0.1, -0.05) is 0 Å². The van der Waals surface area contributed by atoms with Gasteiger partial charge in [0.1, 0.15) is 0 Å². The summed E-state index contributed by atoms with van der Waals surface area (Å²) in [5.41, 5.74) is 0. The monoisotopic (exact) mass is 283 g/mol. The highest BCUT2D eigenvalue weighted by Gasteiger charge is 2.31. The highest BCUT2D eigenvalue weighted by Crippen LogP contribution is 2.18. The number of rotatable bonds is 2. The highest BCUT2D eigenvalue weighted by atomic mass is 16.5. The zero-order valence-corrected chi connectivity index (χ0v) is 12.5. The van der Waals surface area contributed by atoms with E-state index in [0.29, 0.717) is 19.1 Å². The Bertz CT molecular complexity index is 346. The van der Waals surface area contributed by atoms with E-state index in [1.54, 1.807) is 11.8 Å². The molecule has 0 saturated carbocycles. The van der Waals surface area contributed by atoms with E-state index in [1.807, 2.05) is 0 Å². The number of carbonyl (C=O) groups excluding carboxylic acids is 2. The van der Waals surface area contributed by atoms with E-state index >= 15 is 0 Å². The van der Waals surface area contributed by atoms with Crippen molar-refractivity contribution in [3.05, 3.63) is 0 Å². The molecular formula is C14H25N3O3. The first kappa shape index (κ1) is 15.3. The number of nitrogens with zero attached hydrogens (tertiary/aromatic N) is 3. The van der Waals surface area contributed by atoms with Crippen LogP contribution in [0.25, 0.3) is 0 Å². The standard InChI is InChI=1S/C14H25N3O3/c1-3-20-14(19)13(18)17-6-4-12(5-7-17)16-10-8-15(2)9-11-16/h12H,3-11H2,1-2H3. The van der Waals surface area contributed by atoms with Crippen LogP contribution in [0.5, 0.6) is 0 Å². The molecule has 0 aromatic rings. The average molecular weight is 283 g/mol. The average Bonchev–Trinajstić information content (AvgIpc) is 2.48. The third-order valence-corrected chi connectivity index (χ3v) is 4.26. The van der Waals surface area contributed by atoms with E-state index in [0.717, 1.165) is 39.0 Å². The van der Waals surface area contributed by atoms with Crippen molar-refractivity contribution in [2.45, 2.75) is 25.8 Å². The van der Waals surface area contributed by atoms with Crippen molar-refractivity contribution in [3.63, 3.8) is 0 Å². The van der Waals surface area contributed by atoms with E-state index in [9.17, 15) is 9.59 Å². The summed E-state index contributed by atoms with van der Waals surface area (Å²) in [6.07, 6.45) is 1.91.